The molecule has 0 bridgehead atoms. The van der Waals surface area contributed by atoms with Crippen molar-refractivity contribution in [1.29, 1.82) is 0 Å². The van der Waals surface area contributed by atoms with Crippen molar-refractivity contribution in [3.05, 3.63) is 60.1 Å². The minimum Gasteiger partial charge on any atom is -0.345 e. The summed E-state index contributed by atoms with van der Waals surface area (Å²) >= 11 is 1.50. The number of carbonyl (C=O) groups is 2. The summed E-state index contributed by atoms with van der Waals surface area (Å²) < 4.78 is 4.77. The largest absolute Gasteiger partial charge is 0.345 e. The molecule has 2 amide bonds. The van der Waals surface area contributed by atoms with Crippen molar-refractivity contribution < 1.29 is 14.1 Å². The summed E-state index contributed by atoms with van der Waals surface area (Å²) in [5, 5.41) is 10.2. The topological polar surface area (TPSA) is 88.3 Å². The lowest BCUT2D eigenvalue weighted by molar-refractivity contribution is -0.141. The molecule has 0 saturated carbocycles. The van der Waals surface area contributed by atoms with Gasteiger partial charge in [-0.25, -0.2) is 0 Å². The molecule has 7 nitrogen and oxygen atoms in total. The van der Waals surface area contributed by atoms with Gasteiger partial charge in [-0.3, -0.25) is 9.59 Å². The van der Waals surface area contributed by atoms with Crippen LogP contribution in [0.1, 0.15) is 24.1 Å². The van der Waals surface area contributed by atoms with Crippen LogP contribution in [0.3, 0.4) is 0 Å². The number of aromatic nitrogens is 2. The summed E-state index contributed by atoms with van der Waals surface area (Å²) in [6.07, 6.45) is 4.97. The van der Waals surface area contributed by atoms with Crippen LogP contribution in [0.15, 0.2) is 53.4 Å². The molecule has 2 aliphatic heterocycles. The van der Waals surface area contributed by atoms with Crippen molar-refractivity contribution in [2.75, 3.05) is 0 Å². The number of hydrogen-bond donors (Lipinski definition) is 1. The molecule has 0 aliphatic carbocycles. The normalized spacial score (nSPS) is 28.2. The second kappa shape index (κ2) is 5.48. The summed E-state index contributed by atoms with van der Waals surface area (Å²) in [5.41, 5.74) is 1.45. The predicted octanol–water partition coefficient (Wildman–Crippen LogP) is 1.57. The van der Waals surface area contributed by atoms with Crippen LogP contribution < -0.4 is 5.32 Å². The first-order chi connectivity index (χ1) is 11.6. The summed E-state index contributed by atoms with van der Waals surface area (Å²) in [6, 6.07) is 9.67. The molecule has 122 valence electrons. The van der Waals surface area contributed by atoms with Gasteiger partial charge in [-0.1, -0.05) is 42.1 Å². The Morgan fingerprint density at radius 2 is 2.17 bits per heavy atom. The Bertz CT molecular complexity index is 808. The van der Waals surface area contributed by atoms with E-state index in [2.05, 4.69) is 15.7 Å². The van der Waals surface area contributed by atoms with Crippen LogP contribution >= 0.6 is 11.8 Å². The zero-order chi connectivity index (χ0) is 16.7. The van der Waals surface area contributed by atoms with Gasteiger partial charge in [0.1, 0.15) is 28.1 Å². The molecule has 2 aromatic rings. The van der Waals surface area contributed by atoms with Crippen LogP contribution in [0.2, 0.25) is 0 Å². The summed E-state index contributed by atoms with van der Waals surface area (Å²) in [6.45, 7) is 1.48. The second-order valence-corrected chi connectivity index (χ2v) is 7.02. The Labute approximate surface area is 142 Å². The fraction of sp³-hybridized carbons (Fsp3) is 0.250. The molecular formula is C16H14N4O3S. The Hall–Kier alpha value is -2.61. The highest BCUT2D eigenvalue weighted by atomic mass is 32.2. The third kappa shape index (κ3) is 2.22. The van der Waals surface area contributed by atoms with Gasteiger partial charge in [0, 0.05) is 18.4 Å². The average molecular weight is 342 g/mol. The lowest BCUT2D eigenvalue weighted by Crippen LogP contribution is -2.60. The minimum atomic E-state index is -0.732. The molecule has 4 rings (SSSR count). The second-order valence-electron chi connectivity index (χ2n) is 5.66. The standard InChI is InChI=1S/C16H14N4O3S/c1-10(21)17-16(11-5-3-2-4-6-11)7-8-20-14(22)13(15(20)24-16)12-9-23-19-18-12/h2-9,13,15H,1H3,(H,17,21)/t13?,15-,16?/m1/s1. The van der Waals surface area contributed by atoms with Gasteiger partial charge in [-0.05, 0) is 11.6 Å². The molecule has 1 saturated heterocycles. The van der Waals surface area contributed by atoms with E-state index in [4.69, 9.17) is 4.52 Å². The van der Waals surface area contributed by atoms with Crippen molar-refractivity contribution in [1.82, 2.24) is 20.6 Å². The third-order valence-electron chi connectivity index (χ3n) is 4.12. The number of thioether (sulfide) groups is 1. The molecule has 2 unspecified atom stereocenters. The Morgan fingerprint density at radius 1 is 1.38 bits per heavy atom. The molecule has 3 atom stereocenters. The third-order valence-corrected chi connectivity index (χ3v) is 5.70. The quantitative estimate of drug-likeness (QED) is 0.852. The van der Waals surface area contributed by atoms with Gasteiger partial charge in [-0.15, -0.1) is 5.10 Å². The predicted molar refractivity (Wildman–Crippen MR) is 86.3 cm³/mol. The summed E-state index contributed by atoms with van der Waals surface area (Å²) in [5.74, 6) is -0.623. The Balaban J connectivity index is 1.72. The van der Waals surface area contributed by atoms with E-state index in [9.17, 15) is 9.59 Å². The van der Waals surface area contributed by atoms with Crippen LogP contribution in [0.5, 0.6) is 0 Å². The number of nitrogens with one attached hydrogen (secondary N) is 1. The molecule has 0 radical (unpaired) electrons. The van der Waals surface area contributed by atoms with Gasteiger partial charge >= 0.3 is 0 Å². The van der Waals surface area contributed by atoms with Gasteiger partial charge < -0.3 is 14.7 Å². The van der Waals surface area contributed by atoms with E-state index in [0.717, 1.165) is 5.56 Å². The smallest absolute Gasteiger partial charge is 0.239 e. The highest BCUT2D eigenvalue weighted by Crippen LogP contribution is 2.52. The maximum absolute atomic E-state index is 12.3. The van der Waals surface area contributed by atoms with E-state index in [-0.39, 0.29) is 17.2 Å². The van der Waals surface area contributed by atoms with Gasteiger partial charge in [-0.2, -0.15) is 0 Å². The average Bonchev–Trinajstić information content (AvgIpc) is 3.08. The molecule has 3 heterocycles. The van der Waals surface area contributed by atoms with E-state index in [1.54, 1.807) is 11.1 Å². The number of amides is 2. The molecule has 1 aromatic heterocycles. The molecule has 2 aliphatic rings. The molecule has 0 spiro atoms. The van der Waals surface area contributed by atoms with Crippen molar-refractivity contribution >= 4 is 23.6 Å². The molecule has 24 heavy (non-hydrogen) atoms. The van der Waals surface area contributed by atoms with Crippen LogP contribution in [-0.4, -0.2) is 32.5 Å². The highest BCUT2D eigenvalue weighted by Gasteiger charge is 2.55. The first kappa shape index (κ1) is 14.9. The number of nitrogens with zero attached hydrogens (tertiary/aromatic N) is 3. The van der Waals surface area contributed by atoms with Crippen molar-refractivity contribution in [2.24, 2.45) is 0 Å². The van der Waals surface area contributed by atoms with Gasteiger partial charge in [0.15, 0.2) is 0 Å². The van der Waals surface area contributed by atoms with Crippen LogP contribution in [0.4, 0.5) is 0 Å². The fourth-order valence-electron chi connectivity index (χ4n) is 3.02. The number of hydrogen-bond acceptors (Lipinski definition) is 6. The highest BCUT2D eigenvalue weighted by molar-refractivity contribution is 8.01. The molecular weight excluding hydrogens is 328 g/mol. The molecule has 8 heteroatoms. The van der Waals surface area contributed by atoms with Crippen molar-refractivity contribution in [3.8, 4) is 0 Å². The van der Waals surface area contributed by atoms with Crippen molar-refractivity contribution in [3.63, 3.8) is 0 Å². The van der Waals surface area contributed by atoms with E-state index in [1.807, 2.05) is 36.4 Å². The minimum absolute atomic E-state index is 0.0519. The van der Waals surface area contributed by atoms with Crippen LogP contribution in [0, 0.1) is 0 Å². The Kier molecular flexibility index (Phi) is 3.42. The van der Waals surface area contributed by atoms with Crippen LogP contribution in [-0.2, 0) is 14.5 Å². The number of carbonyl (C=O) groups excluding carboxylic acids is 2. The number of benzene rings is 1. The lowest BCUT2D eigenvalue weighted by atomic mass is 9.94. The molecule has 1 fully saturated rings. The van der Waals surface area contributed by atoms with Gasteiger partial charge in [0.05, 0.1) is 0 Å². The maximum atomic E-state index is 12.3. The number of fused-ring (bicyclic) bond motifs is 1. The summed E-state index contributed by atoms with van der Waals surface area (Å²) in [7, 11) is 0. The van der Waals surface area contributed by atoms with Crippen molar-refractivity contribution in [2.45, 2.75) is 23.1 Å². The van der Waals surface area contributed by atoms with E-state index >= 15 is 0 Å². The summed E-state index contributed by atoms with van der Waals surface area (Å²) in [4.78, 5) is 25.0. The molecule has 1 aromatic carbocycles. The fourth-order valence-corrected chi connectivity index (χ4v) is 4.69. The maximum Gasteiger partial charge on any atom is 0.239 e. The number of β-lactam (4-membered cyclic amide) rings is 1. The first-order valence-corrected chi connectivity index (χ1v) is 8.29. The number of rotatable bonds is 3. The lowest BCUT2D eigenvalue weighted by Gasteiger charge is -2.50. The monoisotopic (exact) mass is 342 g/mol. The Morgan fingerprint density at radius 3 is 2.83 bits per heavy atom. The first-order valence-electron chi connectivity index (χ1n) is 7.41. The van der Waals surface area contributed by atoms with E-state index in [1.165, 1.54) is 24.9 Å². The molecule has 1 N–H and O–H groups in total. The van der Waals surface area contributed by atoms with E-state index in [0.29, 0.717) is 5.69 Å². The zero-order valence-electron chi connectivity index (χ0n) is 12.7. The van der Waals surface area contributed by atoms with Crippen LogP contribution in [0.25, 0.3) is 0 Å². The van der Waals surface area contributed by atoms with E-state index < -0.39 is 10.8 Å². The van der Waals surface area contributed by atoms with Gasteiger partial charge in [0.2, 0.25) is 11.8 Å². The SMILES string of the molecule is CC(=O)NC1(c2ccccc2)C=CN2C(=O)C(c3conn3)[C@H]2S1. The zero-order valence-corrected chi connectivity index (χ0v) is 13.6. The van der Waals surface area contributed by atoms with Gasteiger partial charge in [0.25, 0.3) is 0 Å².